The monoisotopic (exact) mass is 282 g/mol. The predicted molar refractivity (Wildman–Crippen MR) is 78.1 cm³/mol. The quantitative estimate of drug-likeness (QED) is 0.866. The fraction of sp³-hybridized carbons (Fsp3) is 0.571. The van der Waals surface area contributed by atoms with Crippen molar-refractivity contribution in [2.24, 2.45) is 0 Å². The molecule has 5 heteroatoms. The van der Waals surface area contributed by atoms with Crippen LogP contribution < -0.4 is 5.73 Å². The first-order valence-electron chi connectivity index (χ1n) is 6.83. The zero-order valence-electron chi connectivity index (χ0n) is 11.4. The maximum Gasteiger partial charge on any atom is 0.218 e. The molecular weight excluding hydrogens is 260 g/mol. The molecule has 0 radical (unpaired) electrons. The van der Waals surface area contributed by atoms with Gasteiger partial charge < -0.3 is 5.73 Å². The number of hydrogen-bond donors (Lipinski definition) is 1. The Hall–Kier alpha value is -1.07. The number of anilines is 1. The van der Waals surface area contributed by atoms with Crippen LogP contribution in [-0.2, 0) is 15.8 Å². The Labute approximate surface area is 115 Å². The first kappa shape index (κ1) is 14.3. The summed E-state index contributed by atoms with van der Waals surface area (Å²) in [6.07, 6.45) is 4.17. The van der Waals surface area contributed by atoms with Crippen molar-refractivity contribution < 1.29 is 8.42 Å². The summed E-state index contributed by atoms with van der Waals surface area (Å²) in [5.41, 5.74) is 7.07. The van der Waals surface area contributed by atoms with Gasteiger partial charge in [0.05, 0.1) is 5.75 Å². The van der Waals surface area contributed by atoms with Crippen molar-refractivity contribution in [3.63, 3.8) is 0 Å². The SMILES string of the molecule is CC1CCCCCN1S(=O)(=O)Cc1ccc(N)cc1. The maximum atomic E-state index is 12.5. The van der Waals surface area contributed by atoms with E-state index in [1.807, 2.05) is 6.92 Å². The minimum absolute atomic E-state index is 0.0671. The number of rotatable bonds is 3. The van der Waals surface area contributed by atoms with Gasteiger partial charge in [-0.1, -0.05) is 25.0 Å². The number of benzene rings is 1. The van der Waals surface area contributed by atoms with E-state index in [2.05, 4.69) is 0 Å². The van der Waals surface area contributed by atoms with E-state index in [4.69, 9.17) is 5.73 Å². The Morgan fingerprint density at radius 3 is 2.58 bits per heavy atom. The lowest BCUT2D eigenvalue weighted by Crippen LogP contribution is -2.38. The summed E-state index contributed by atoms with van der Waals surface area (Å²) in [6.45, 7) is 2.66. The van der Waals surface area contributed by atoms with Crippen LogP contribution in [0, 0.1) is 0 Å². The standard InChI is InChI=1S/C14H22N2O2S/c1-12-5-3-2-4-10-16(12)19(17,18)11-13-6-8-14(15)9-7-13/h6-9,12H,2-5,10-11,15H2,1H3. The van der Waals surface area contributed by atoms with Crippen LogP contribution >= 0.6 is 0 Å². The van der Waals surface area contributed by atoms with Crippen LogP contribution in [0.2, 0.25) is 0 Å². The molecule has 1 fully saturated rings. The molecule has 1 heterocycles. The smallest absolute Gasteiger partial charge is 0.218 e. The predicted octanol–water partition coefficient (Wildman–Crippen LogP) is 2.36. The summed E-state index contributed by atoms with van der Waals surface area (Å²) in [5, 5.41) is 0. The first-order valence-corrected chi connectivity index (χ1v) is 8.44. The van der Waals surface area contributed by atoms with Crippen molar-refractivity contribution >= 4 is 15.7 Å². The second-order valence-electron chi connectivity index (χ2n) is 5.31. The van der Waals surface area contributed by atoms with Crippen LogP contribution in [0.3, 0.4) is 0 Å². The fourth-order valence-electron chi connectivity index (χ4n) is 2.57. The van der Waals surface area contributed by atoms with E-state index in [1.54, 1.807) is 28.6 Å². The minimum Gasteiger partial charge on any atom is -0.399 e. The molecule has 1 unspecified atom stereocenters. The Balaban J connectivity index is 2.14. The summed E-state index contributed by atoms with van der Waals surface area (Å²) in [4.78, 5) is 0. The zero-order valence-corrected chi connectivity index (χ0v) is 12.2. The van der Waals surface area contributed by atoms with Gasteiger partial charge in [0.25, 0.3) is 0 Å². The van der Waals surface area contributed by atoms with Gasteiger partial charge in [0.15, 0.2) is 0 Å². The molecule has 0 bridgehead atoms. The summed E-state index contributed by atoms with van der Waals surface area (Å²) in [5.74, 6) is 0.0671. The highest BCUT2D eigenvalue weighted by molar-refractivity contribution is 7.88. The van der Waals surface area contributed by atoms with Gasteiger partial charge in [0.1, 0.15) is 0 Å². The van der Waals surface area contributed by atoms with Gasteiger partial charge in [-0.25, -0.2) is 8.42 Å². The molecule has 0 aliphatic carbocycles. The lowest BCUT2D eigenvalue weighted by Gasteiger charge is -2.26. The summed E-state index contributed by atoms with van der Waals surface area (Å²) in [7, 11) is -3.23. The van der Waals surface area contributed by atoms with Crippen LogP contribution in [0.15, 0.2) is 24.3 Å². The highest BCUT2D eigenvalue weighted by atomic mass is 32.2. The number of hydrogen-bond acceptors (Lipinski definition) is 3. The lowest BCUT2D eigenvalue weighted by molar-refractivity contribution is 0.341. The lowest BCUT2D eigenvalue weighted by atomic mass is 10.1. The van der Waals surface area contributed by atoms with Crippen molar-refractivity contribution in [2.45, 2.75) is 44.4 Å². The average molecular weight is 282 g/mol. The van der Waals surface area contributed by atoms with E-state index in [-0.39, 0.29) is 11.8 Å². The molecule has 2 N–H and O–H groups in total. The van der Waals surface area contributed by atoms with E-state index in [0.717, 1.165) is 31.2 Å². The van der Waals surface area contributed by atoms with Gasteiger partial charge in [-0.3, -0.25) is 0 Å². The molecule has 1 aromatic carbocycles. The molecule has 106 valence electrons. The van der Waals surface area contributed by atoms with Crippen LogP contribution in [0.25, 0.3) is 0 Å². The number of nitrogens with zero attached hydrogens (tertiary/aromatic N) is 1. The molecule has 1 aromatic rings. The van der Waals surface area contributed by atoms with E-state index in [9.17, 15) is 8.42 Å². The van der Waals surface area contributed by atoms with Gasteiger partial charge in [0, 0.05) is 18.3 Å². The van der Waals surface area contributed by atoms with Crippen molar-refractivity contribution in [1.82, 2.24) is 4.31 Å². The molecular formula is C14H22N2O2S. The molecule has 19 heavy (non-hydrogen) atoms. The molecule has 4 nitrogen and oxygen atoms in total. The van der Waals surface area contributed by atoms with E-state index < -0.39 is 10.0 Å². The van der Waals surface area contributed by atoms with Gasteiger partial charge in [0.2, 0.25) is 10.0 Å². The number of nitrogens with two attached hydrogens (primary N) is 1. The molecule has 1 saturated heterocycles. The molecule has 1 aliphatic rings. The highest BCUT2D eigenvalue weighted by Crippen LogP contribution is 2.22. The first-order chi connectivity index (χ1) is 8.99. The van der Waals surface area contributed by atoms with Gasteiger partial charge in [-0.2, -0.15) is 4.31 Å². The summed E-state index contributed by atoms with van der Waals surface area (Å²) in [6, 6.07) is 7.18. The molecule has 1 atom stereocenters. The molecule has 0 amide bonds. The highest BCUT2D eigenvalue weighted by Gasteiger charge is 2.28. The Morgan fingerprint density at radius 2 is 1.89 bits per heavy atom. The van der Waals surface area contributed by atoms with Crippen LogP contribution in [0.5, 0.6) is 0 Å². The largest absolute Gasteiger partial charge is 0.399 e. The molecule has 0 saturated carbocycles. The van der Waals surface area contributed by atoms with Crippen molar-refractivity contribution in [3.05, 3.63) is 29.8 Å². The van der Waals surface area contributed by atoms with E-state index in [1.165, 1.54) is 0 Å². The average Bonchev–Trinajstić information content (AvgIpc) is 2.57. The van der Waals surface area contributed by atoms with Crippen molar-refractivity contribution in [2.75, 3.05) is 12.3 Å². The summed E-state index contributed by atoms with van der Waals surface area (Å²) < 4.78 is 26.7. The van der Waals surface area contributed by atoms with Gasteiger partial charge >= 0.3 is 0 Å². The fourth-order valence-corrected chi connectivity index (χ4v) is 4.41. The number of nitrogen functional groups attached to an aromatic ring is 1. The van der Waals surface area contributed by atoms with Crippen molar-refractivity contribution in [3.8, 4) is 0 Å². The molecule has 2 rings (SSSR count). The Morgan fingerprint density at radius 1 is 1.21 bits per heavy atom. The van der Waals surface area contributed by atoms with Gasteiger partial charge in [-0.15, -0.1) is 0 Å². The van der Waals surface area contributed by atoms with Gasteiger partial charge in [-0.05, 0) is 37.5 Å². The minimum atomic E-state index is -3.23. The van der Waals surface area contributed by atoms with Crippen LogP contribution in [0.1, 0.15) is 38.2 Å². The van der Waals surface area contributed by atoms with Crippen LogP contribution in [-0.4, -0.2) is 25.3 Å². The third kappa shape index (κ3) is 3.70. The van der Waals surface area contributed by atoms with Crippen molar-refractivity contribution in [1.29, 1.82) is 0 Å². The Bertz CT molecular complexity index is 511. The molecule has 1 aliphatic heterocycles. The van der Waals surface area contributed by atoms with E-state index in [0.29, 0.717) is 12.2 Å². The maximum absolute atomic E-state index is 12.5. The Kier molecular flexibility index (Phi) is 4.47. The second-order valence-corrected chi connectivity index (χ2v) is 7.23. The normalized spacial score (nSPS) is 22.1. The zero-order chi connectivity index (χ0) is 13.9. The molecule has 0 aromatic heterocycles. The third-order valence-corrected chi connectivity index (χ3v) is 5.63. The third-order valence-electron chi connectivity index (χ3n) is 3.68. The second kappa shape index (κ2) is 5.92. The molecule has 0 spiro atoms. The van der Waals surface area contributed by atoms with E-state index >= 15 is 0 Å². The number of sulfonamides is 1. The summed E-state index contributed by atoms with van der Waals surface area (Å²) >= 11 is 0. The van der Waals surface area contributed by atoms with Crippen LogP contribution in [0.4, 0.5) is 5.69 Å². The topological polar surface area (TPSA) is 63.4 Å².